The number of methoxy groups -OCH3 is 1. The van der Waals surface area contributed by atoms with Crippen molar-refractivity contribution in [2.45, 2.75) is 51.3 Å². The molecule has 0 fully saturated rings. The highest BCUT2D eigenvalue weighted by atomic mass is 16.5. The molecule has 7 nitrogen and oxygen atoms in total. The number of fused-ring (bicyclic) bond motifs is 5. The standard InChI is InChI=1S/C24H23N3O4/c1-3-24(25)16-9-18-21-14(10-27(18)22(28)15(16)11-31-23(24)29)12-5-4-6-13-19(30-2)8-7-17(26-21)20(12)13/h7-9H,3-6,10-11,25H2,1-2H3. The van der Waals surface area contributed by atoms with Crippen molar-refractivity contribution >= 4 is 16.9 Å². The monoisotopic (exact) mass is 417 g/mol. The van der Waals surface area contributed by atoms with Crippen molar-refractivity contribution in [2.75, 3.05) is 7.11 Å². The van der Waals surface area contributed by atoms with Crippen molar-refractivity contribution in [2.24, 2.45) is 5.73 Å². The van der Waals surface area contributed by atoms with E-state index in [0.717, 1.165) is 52.9 Å². The van der Waals surface area contributed by atoms with Gasteiger partial charge in [0.25, 0.3) is 5.56 Å². The first kappa shape index (κ1) is 18.6. The SMILES string of the molecule is CCC1(N)C(=O)OCc2c1cc1n(c2=O)Cc2c-1nc1ccc(OC)c3c1c2CCC3. The van der Waals surface area contributed by atoms with Gasteiger partial charge in [0, 0.05) is 16.5 Å². The van der Waals surface area contributed by atoms with Crippen molar-refractivity contribution in [3.63, 3.8) is 0 Å². The summed E-state index contributed by atoms with van der Waals surface area (Å²) in [4.78, 5) is 30.9. The number of aromatic nitrogens is 2. The molecule has 7 heteroatoms. The molecular weight excluding hydrogens is 394 g/mol. The van der Waals surface area contributed by atoms with E-state index in [2.05, 4.69) is 0 Å². The minimum absolute atomic E-state index is 0.0355. The van der Waals surface area contributed by atoms with E-state index in [1.807, 2.05) is 25.1 Å². The zero-order valence-corrected chi connectivity index (χ0v) is 17.6. The van der Waals surface area contributed by atoms with Gasteiger partial charge in [-0.05, 0) is 55.0 Å². The van der Waals surface area contributed by atoms with Gasteiger partial charge in [0.15, 0.2) is 0 Å². The van der Waals surface area contributed by atoms with Crippen molar-refractivity contribution in [1.82, 2.24) is 9.55 Å². The lowest BCUT2D eigenvalue weighted by Gasteiger charge is -2.32. The first-order chi connectivity index (χ1) is 15.0. The molecule has 4 heterocycles. The van der Waals surface area contributed by atoms with Crippen LogP contribution in [0.3, 0.4) is 0 Å². The third-order valence-electron chi connectivity index (χ3n) is 7.21. The number of hydrogen-bond donors (Lipinski definition) is 1. The molecule has 1 unspecified atom stereocenters. The van der Waals surface area contributed by atoms with E-state index >= 15 is 0 Å². The molecule has 2 aromatic heterocycles. The molecule has 31 heavy (non-hydrogen) atoms. The van der Waals surface area contributed by atoms with Gasteiger partial charge in [-0.1, -0.05) is 6.92 Å². The normalized spacial score (nSPS) is 20.8. The number of cyclic esters (lactones) is 1. The van der Waals surface area contributed by atoms with Crippen LogP contribution in [0.1, 0.15) is 47.6 Å². The summed E-state index contributed by atoms with van der Waals surface area (Å²) in [7, 11) is 1.70. The molecule has 158 valence electrons. The second kappa shape index (κ2) is 6.17. The van der Waals surface area contributed by atoms with Crippen molar-refractivity contribution in [1.29, 1.82) is 0 Å². The van der Waals surface area contributed by atoms with Crippen LogP contribution in [-0.2, 0) is 41.1 Å². The number of hydrogen-bond acceptors (Lipinski definition) is 6. The maximum absolute atomic E-state index is 13.4. The molecule has 0 spiro atoms. The second-order valence-electron chi connectivity index (χ2n) is 8.63. The highest BCUT2D eigenvalue weighted by Gasteiger charge is 2.44. The van der Waals surface area contributed by atoms with Gasteiger partial charge in [-0.3, -0.25) is 4.79 Å². The van der Waals surface area contributed by atoms with Crippen LogP contribution >= 0.6 is 0 Å². The highest BCUT2D eigenvalue weighted by Crippen LogP contribution is 2.43. The molecule has 2 aliphatic heterocycles. The van der Waals surface area contributed by atoms with Crippen LogP contribution in [0.25, 0.3) is 22.3 Å². The zero-order chi connectivity index (χ0) is 21.5. The summed E-state index contributed by atoms with van der Waals surface area (Å²) in [6, 6.07) is 5.85. The van der Waals surface area contributed by atoms with Crippen molar-refractivity contribution in [3.05, 3.63) is 56.4 Å². The minimum atomic E-state index is -1.31. The van der Waals surface area contributed by atoms with E-state index in [9.17, 15) is 9.59 Å². The van der Waals surface area contributed by atoms with E-state index in [4.69, 9.17) is 20.2 Å². The van der Waals surface area contributed by atoms with Gasteiger partial charge in [0.1, 0.15) is 17.9 Å². The average molecular weight is 417 g/mol. The van der Waals surface area contributed by atoms with Crippen LogP contribution in [0, 0.1) is 0 Å². The third-order valence-corrected chi connectivity index (χ3v) is 7.21. The Morgan fingerprint density at radius 2 is 2.00 bits per heavy atom. The Bertz CT molecular complexity index is 1370. The summed E-state index contributed by atoms with van der Waals surface area (Å²) >= 11 is 0. The highest BCUT2D eigenvalue weighted by molar-refractivity contribution is 5.93. The number of carbonyl (C=O) groups excluding carboxylic acids is 1. The number of pyridine rings is 2. The van der Waals surface area contributed by atoms with Crippen LogP contribution in [0.2, 0.25) is 0 Å². The smallest absolute Gasteiger partial charge is 0.331 e. The lowest BCUT2D eigenvalue weighted by molar-refractivity contribution is -0.154. The molecule has 6 rings (SSSR count). The fraction of sp³-hybridized carbons (Fsp3) is 0.375. The van der Waals surface area contributed by atoms with E-state index < -0.39 is 11.5 Å². The number of esters is 1. The molecule has 3 aromatic rings. The largest absolute Gasteiger partial charge is 0.496 e. The maximum atomic E-state index is 13.4. The predicted molar refractivity (Wildman–Crippen MR) is 115 cm³/mol. The molecule has 0 radical (unpaired) electrons. The molecular formula is C24H23N3O4. The Morgan fingerprint density at radius 1 is 1.19 bits per heavy atom. The Kier molecular flexibility index (Phi) is 3.69. The third kappa shape index (κ3) is 2.24. The first-order valence-electron chi connectivity index (χ1n) is 10.7. The van der Waals surface area contributed by atoms with E-state index in [1.165, 1.54) is 11.1 Å². The average Bonchev–Trinajstić information content (AvgIpc) is 3.16. The van der Waals surface area contributed by atoms with Gasteiger partial charge in [0.05, 0.1) is 36.1 Å². The van der Waals surface area contributed by atoms with Crippen LogP contribution < -0.4 is 16.0 Å². The van der Waals surface area contributed by atoms with E-state index in [1.54, 1.807) is 11.7 Å². The number of benzene rings is 1. The van der Waals surface area contributed by atoms with Gasteiger partial charge < -0.3 is 19.8 Å². The predicted octanol–water partition coefficient (Wildman–Crippen LogP) is 2.54. The summed E-state index contributed by atoms with van der Waals surface area (Å²) in [6.45, 7) is 2.27. The lowest BCUT2D eigenvalue weighted by Crippen LogP contribution is -2.50. The molecule has 0 saturated carbocycles. The van der Waals surface area contributed by atoms with Gasteiger partial charge in [0.2, 0.25) is 0 Å². The summed E-state index contributed by atoms with van der Waals surface area (Å²) < 4.78 is 12.6. The van der Waals surface area contributed by atoms with Crippen LogP contribution in [0.15, 0.2) is 23.0 Å². The molecule has 0 bridgehead atoms. The summed E-state index contributed by atoms with van der Waals surface area (Å²) in [5, 5.41) is 1.16. The van der Waals surface area contributed by atoms with E-state index in [-0.39, 0.29) is 12.2 Å². The van der Waals surface area contributed by atoms with Crippen molar-refractivity contribution < 1.29 is 14.3 Å². The fourth-order valence-electron chi connectivity index (χ4n) is 5.52. The maximum Gasteiger partial charge on any atom is 0.331 e. The Balaban J connectivity index is 1.66. The Labute approximate surface area is 178 Å². The minimum Gasteiger partial charge on any atom is -0.496 e. The molecule has 1 aromatic carbocycles. The van der Waals surface area contributed by atoms with Gasteiger partial charge in [-0.25, -0.2) is 9.78 Å². The number of rotatable bonds is 2. The van der Waals surface area contributed by atoms with E-state index in [0.29, 0.717) is 24.1 Å². The van der Waals surface area contributed by atoms with Crippen LogP contribution in [0.5, 0.6) is 5.75 Å². The number of aryl methyl sites for hydroxylation is 2. The van der Waals surface area contributed by atoms with Crippen molar-refractivity contribution in [3.8, 4) is 17.1 Å². The number of carbonyl (C=O) groups is 1. The number of nitrogens with two attached hydrogens (primary N) is 1. The summed E-state index contributed by atoms with van der Waals surface area (Å²) in [5.41, 5.74) is 12.0. The Morgan fingerprint density at radius 3 is 2.77 bits per heavy atom. The van der Waals surface area contributed by atoms with Crippen LogP contribution in [0.4, 0.5) is 0 Å². The number of ether oxygens (including phenoxy) is 2. The number of nitrogens with zero attached hydrogens (tertiary/aromatic N) is 2. The first-order valence-corrected chi connectivity index (χ1v) is 10.7. The lowest BCUT2D eigenvalue weighted by atomic mass is 9.83. The molecule has 1 aliphatic carbocycles. The van der Waals surface area contributed by atoms with Gasteiger partial charge in [-0.15, -0.1) is 0 Å². The van der Waals surface area contributed by atoms with Crippen LogP contribution in [-0.4, -0.2) is 22.6 Å². The topological polar surface area (TPSA) is 96.4 Å². The fourth-order valence-corrected chi connectivity index (χ4v) is 5.52. The molecule has 1 atom stereocenters. The molecule has 3 aliphatic rings. The molecule has 2 N–H and O–H groups in total. The molecule has 0 amide bonds. The van der Waals surface area contributed by atoms with Gasteiger partial charge >= 0.3 is 5.97 Å². The molecule has 0 saturated heterocycles. The quantitative estimate of drug-likeness (QED) is 0.504. The summed E-state index contributed by atoms with van der Waals surface area (Å²) in [5.74, 6) is 0.410. The Hall–Kier alpha value is -3.19. The van der Waals surface area contributed by atoms with Gasteiger partial charge in [-0.2, -0.15) is 0 Å². The second-order valence-corrected chi connectivity index (χ2v) is 8.63. The summed E-state index contributed by atoms with van der Waals surface area (Å²) in [6.07, 6.45) is 3.29. The zero-order valence-electron chi connectivity index (χ0n) is 17.6.